The van der Waals surface area contributed by atoms with Crippen molar-refractivity contribution in [3.8, 4) is 0 Å². The number of nitrogens with two attached hydrogens (primary N) is 1. The number of allylic oxidation sites excluding steroid dienone is 1. The maximum Gasteiger partial charge on any atom is 0.279 e. The van der Waals surface area contributed by atoms with Crippen molar-refractivity contribution in [2.24, 2.45) is 10.8 Å². The molecule has 1 aliphatic heterocycles. The summed E-state index contributed by atoms with van der Waals surface area (Å²) in [5, 5.41) is 0.879. The zero-order chi connectivity index (χ0) is 6.85. The predicted molar refractivity (Wildman–Crippen MR) is 36.4 cm³/mol. The first-order chi connectivity index (χ1) is 4.20. The van der Waals surface area contributed by atoms with Crippen molar-refractivity contribution < 1.29 is 4.39 Å². The normalized spacial score (nSPS) is 26.3. The Morgan fingerprint density at radius 1 is 1.89 bits per heavy atom. The molecule has 0 amide bonds. The molecular weight excluding hydrogens is 189 g/mol. The summed E-state index contributed by atoms with van der Waals surface area (Å²) in [6.07, 6.45) is 1.34. The van der Waals surface area contributed by atoms with Gasteiger partial charge in [-0.05, 0) is 15.9 Å². The van der Waals surface area contributed by atoms with E-state index in [1.165, 1.54) is 12.4 Å². The lowest BCUT2D eigenvalue weighted by Gasteiger charge is -2.17. The molecule has 5 heteroatoms. The summed E-state index contributed by atoms with van der Waals surface area (Å²) in [7, 11) is 0. The number of halogens is 2. The molecule has 1 rings (SSSR count). The van der Waals surface area contributed by atoms with Gasteiger partial charge in [-0.25, -0.2) is 10.8 Å². The van der Waals surface area contributed by atoms with Crippen molar-refractivity contribution in [3.05, 3.63) is 10.7 Å². The van der Waals surface area contributed by atoms with Gasteiger partial charge in [-0.2, -0.15) is 4.39 Å². The molecule has 0 bridgehead atoms. The molecule has 2 N–H and O–H groups in total. The molecule has 0 aromatic rings. The molecule has 0 saturated heterocycles. The Kier molecular flexibility index (Phi) is 1.82. The van der Waals surface area contributed by atoms with Crippen LogP contribution in [0, 0.1) is 0 Å². The lowest BCUT2D eigenvalue weighted by atomic mass is 10.6. The van der Waals surface area contributed by atoms with E-state index < -0.39 is 6.42 Å². The summed E-state index contributed by atoms with van der Waals surface area (Å²) in [6, 6.07) is 0. The standard InChI is InChI=1S/C4H5BrFN3/c5-3-1-8-4(6)9(7)2-3/h1-2,4H,7H2. The molecule has 0 aromatic heterocycles. The highest BCUT2D eigenvalue weighted by molar-refractivity contribution is 9.12. The van der Waals surface area contributed by atoms with E-state index in [4.69, 9.17) is 5.84 Å². The number of hydrogen-bond donors (Lipinski definition) is 1. The Morgan fingerprint density at radius 2 is 2.56 bits per heavy atom. The van der Waals surface area contributed by atoms with Crippen LogP contribution in [0.2, 0.25) is 0 Å². The SMILES string of the molecule is NN1C=C(Br)C=NC1F. The number of hydrogen-bond acceptors (Lipinski definition) is 3. The van der Waals surface area contributed by atoms with Crippen molar-refractivity contribution >= 4 is 22.1 Å². The van der Waals surface area contributed by atoms with Gasteiger partial charge in [0.15, 0.2) is 0 Å². The van der Waals surface area contributed by atoms with Crippen molar-refractivity contribution in [3.63, 3.8) is 0 Å². The third kappa shape index (κ3) is 1.49. The molecule has 9 heavy (non-hydrogen) atoms. The molecule has 1 aliphatic rings. The number of rotatable bonds is 0. The third-order valence-electron chi connectivity index (χ3n) is 0.839. The first-order valence-corrected chi connectivity index (χ1v) is 3.07. The Balaban J connectivity index is 2.70. The summed E-state index contributed by atoms with van der Waals surface area (Å²) in [5.41, 5.74) is 0. The van der Waals surface area contributed by atoms with Gasteiger partial charge in [-0.15, -0.1) is 0 Å². The Bertz CT molecular complexity index is 167. The molecule has 0 radical (unpaired) electrons. The van der Waals surface area contributed by atoms with Crippen LogP contribution in [0.1, 0.15) is 0 Å². The van der Waals surface area contributed by atoms with E-state index >= 15 is 0 Å². The van der Waals surface area contributed by atoms with Crippen molar-refractivity contribution in [2.75, 3.05) is 0 Å². The molecule has 0 aromatic carbocycles. The lowest BCUT2D eigenvalue weighted by Crippen LogP contribution is -2.34. The van der Waals surface area contributed by atoms with Gasteiger partial charge in [0, 0.05) is 12.4 Å². The van der Waals surface area contributed by atoms with Gasteiger partial charge in [0.2, 0.25) is 0 Å². The monoisotopic (exact) mass is 193 g/mol. The van der Waals surface area contributed by atoms with E-state index in [1.54, 1.807) is 0 Å². The van der Waals surface area contributed by atoms with Gasteiger partial charge in [0.25, 0.3) is 6.42 Å². The van der Waals surface area contributed by atoms with E-state index in [0.29, 0.717) is 4.48 Å². The molecule has 0 spiro atoms. The van der Waals surface area contributed by atoms with Crippen LogP contribution in [0.5, 0.6) is 0 Å². The maximum absolute atomic E-state index is 12.3. The minimum absolute atomic E-state index is 0.666. The molecule has 1 unspecified atom stereocenters. The maximum atomic E-state index is 12.3. The minimum atomic E-state index is -1.44. The molecule has 1 atom stereocenters. The van der Waals surface area contributed by atoms with E-state index in [1.807, 2.05) is 0 Å². The second kappa shape index (κ2) is 2.45. The summed E-state index contributed by atoms with van der Waals surface area (Å²) < 4.78 is 13.0. The van der Waals surface area contributed by atoms with E-state index in [0.717, 1.165) is 5.01 Å². The quantitative estimate of drug-likeness (QED) is 0.456. The highest BCUT2D eigenvalue weighted by atomic mass is 79.9. The van der Waals surface area contributed by atoms with Crippen LogP contribution < -0.4 is 5.84 Å². The first kappa shape index (κ1) is 6.70. The lowest BCUT2D eigenvalue weighted by molar-refractivity contribution is 0.140. The molecule has 0 saturated carbocycles. The van der Waals surface area contributed by atoms with Gasteiger partial charge in [-0.3, -0.25) is 5.01 Å². The molecular formula is C4H5BrFN3. The fourth-order valence-electron chi connectivity index (χ4n) is 0.447. The summed E-state index contributed by atoms with van der Waals surface area (Å²) >= 11 is 3.08. The molecule has 3 nitrogen and oxygen atoms in total. The highest BCUT2D eigenvalue weighted by Gasteiger charge is 2.11. The smallest absolute Gasteiger partial charge is 0.266 e. The number of nitrogens with zero attached hydrogens (tertiary/aromatic N) is 2. The molecule has 50 valence electrons. The largest absolute Gasteiger partial charge is 0.279 e. The van der Waals surface area contributed by atoms with Gasteiger partial charge < -0.3 is 0 Å². The van der Waals surface area contributed by atoms with E-state index in [2.05, 4.69) is 20.9 Å². The first-order valence-electron chi connectivity index (χ1n) is 2.28. The Hall–Kier alpha value is -0.420. The van der Waals surface area contributed by atoms with Gasteiger partial charge >= 0.3 is 0 Å². The van der Waals surface area contributed by atoms with Crippen molar-refractivity contribution in [1.82, 2.24) is 5.01 Å². The zero-order valence-corrected chi connectivity index (χ0v) is 6.05. The van der Waals surface area contributed by atoms with Crippen LogP contribution in [0.15, 0.2) is 15.7 Å². The van der Waals surface area contributed by atoms with Crippen LogP contribution in [-0.2, 0) is 0 Å². The average molecular weight is 194 g/mol. The summed E-state index contributed by atoms with van der Waals surface area (Å²) in [5.74, 6) is 5.11. The van der Waals surface area contributed by atoms with Gasteiger partial charge in [0.05, 0.1) is 4.48 Å². The third-order valence-corrected chi connectivity index (χ3v) is 1.25. The van der Waals surface area contributed by atoms with Crippen LogP contribution >= 0.6 is 15.9 Å². The van der Waals surface area contributed by atoms with Gasteiger partial charge in [-0.1, -0.05) is 0 Å². The molecule has 0 fully saturated rings. The van der Waals surface area contributed by atoms with Crippen LogP contribution in [0.25, 0.3) is 0 Å². The number of hydrazine groups is 1. The fraction of sp³-hybridized carbons (Fsp3) is 0.250. The Morgan fingerprint density at radius 3 is 3.00 bits per heavy atom. The molecule has 0 aliphatic carbocycles. The average Bonchev–Trinajstić information content (AvgIpc) is 1.80. The van der Waals surface area contributed by atoms with E-state index in [-0.39, 0.29) is 0 Å². The predicted octanol–water partition coefficient (Wildman–Crippen LogP) is 0.736. The topological polar surface area (TPSA) is 41.6 Å². The second-order valence-electron chi connectivity index (χ2n) is 1.55. The van der Waals surface area contributed by atoms with E-state index in [9.17, 15) is 4.39 Å². The number of alkyl halides is 1. The van der Waals surface area contributed by atoms with Crippen LogP contribution in [0.4, 0.5) is 4.39 Å². The van der Waals surface area contributed by atoms with Crippen molar-refractivity contribution in [2.45, 2.75) is 6.42 Å². The Labute approximate surface area is 60.1 Å². The highest BCUT2D eigenvalue weighted by Crippen LogP contribution is 2.10. The zero-order valence-electron chi connectivity index (χ0n) is 4.46. The number of aliphatic imine (C=N–C) groups is 1. The minimum Gasteiger partial charge on any atom is -0.266 e. The van der Waals surface area contributed by atoms with Crippen LogP contribution in [0.3, 0.4) is 0 Å². The summed E-state index contributed by atoms with van der Waals surface area (Å²) in [6.45, 7) is 0. The van der Waals surface area contributed by atoms with Crippen molar-refractivity contribution in [1.29, 1.82) is 0 Å². The summed E-state index contributed by atoms with van der Waals surface area (Å²) in [4.78, 5) is 3.39. The van der Waals surface area contributed by atoms with Crippen LogP contribution in [-0.4, -0.2) is 17.6 Å². The molecule has 1 heterocycles. The van der Waals surface area contributed by atoms with Gasteiger partial charge in [0.1, 0.15) is 0 Å². The second-order valence-corrected chi connectivity index (χ2v) is 2.47. The fourth-order valence-corrected chi connectivity index (χ4v) is 0.802.